The second-order valence-electron chi connectivity index (χ2n) is 4.77. The first kappa shape index (κ1) is 15.9. The Balaban J connectivity index is 1.89. The van der Waals surface area contributed by atoms with Crippen LogP contribution in [-0.4, -0.2) is 26.5 Å². The van der Waals surface area contributed by atoms with Crippen molar-refractivity contribution in [3.05, 3.63) is 39.7 Å². The summed E-state index contributed by atoms with van der Waals surface area (Å²) in [7, 11) is -3.43. The van der Waals surface area contributed by atoms with E-state index < -0.39 is 10.0 Å². The van der Waals surface area contributed by atoms with Gasteiger partial charge in [0.1, 0.15) is 5.82 Å². The Kier molecular flexibility index (Phi) is 4.97. The van der Waals surface area contributed by atoms with Crippen LogP contribution in [0.2, 0.25) is 0 Å². The van der Waals surface area contributed by atoms with Gasteiger partial charge in [0.25, 0.3) is 0 Å². The molecule has 0 saturated heterocycles. The third-order valence-electron chi connectivity index (χ3n) is 2.90. The molecule has 0 aliphatic heterocycles. The van der Waals surface area contributed by atoms with Crippen LogP contribution in [0.3, 0.4) is 0 Å². The SMILES string of the molecule is Cc1cccc(NCCNS(=O)(=O)c2cc(C)sc2C)n1. The molecule has 2 aromatic heterocycles. The maximum absolute atomic E-state index is 12.2. The number of rotatable bonds is 6. The first-order valence-electron chi connectivity index (χ1n) is 6.63. The molecule has 7 heteroatoms. The number of aryl methyl sites for hydroxylation is 3. The van der Waals surface area contributed by atoms with Crippen LogP contribution in [0.5, 0.6) is 0 Å². The fourth-order valence-corrected chi connectivity index (χ4v) is 4.55. The van der Waals surface area contributed by atoms with Crippen LogP contribution in [0.25, 0.3) is 0 Å². The van der Waals surface area contributed by atoms with Crippen molar-refractivity contribution >= 4 is 27.2 Å². The summed E-state index contributed by atoms with van der Waals surface area (Å²) >= 11 is 1.49. The number of anilines is 1. The highest BCUT2D eigenvalue weighted by Crippen LogP contribution is 2.24. The zero-order chi connectivity index (χ0) is 15.5. The molecule has 0 spiro atoms. The number of thiophene rings is 1. The zero-order valence-electron chi connectivity index (χ0n) is 12.3. The van der Waals surface area contributed by atoms with Gasteiger partial charge in [-0.1, -0.05) is 6.07 Å². The third kappa shape index (κ3) is 4.26. The first-order chi connectivity index (χ1) is 9.88. The van der Waals surface area contributed by atoms with E-state index in [0.29, 0.717) is 18.0 Å². The van der Waals surface area contributed by atoms with Crippen LogP contribution < -0.4 is 10.0 Å². The van der Waals surface area contributed by atoms with Gasteiger partial charge in [-0.15, -0.1) is 11.3 Å². The lowest BCUT2D eigenvalue weighted by Gasteiger charge is -2.08. The molecular weight excluding hydrogens is 306 g/mol. The van der Waals surface area contributed by atoms with Crippen molar-refractivity contribution in [2.24, 2.45) is 0 Å². The molecule has 2 N–H and O–H groups in total. The largest absolute Gasteiger partial charge is 0.369 e. The quantitative estimate of drug-likeness (QED) is 0.800. The number of nitrogens with one attached hydrogen (secondary N) is 2. The van der Waals surface area contributed by atoms with Crippen molar-refractivity contribution < 1.29 is 8.42 Å². The molecule has 114 valence electrons. The van der Waals surface area contributed by atoms with E-state index in [9.17, 15) is 8.42 Å². The first-order valence-corrected chi connectivity index (χ1v) is 8.93. The van der Waals surface area contributed by atoms with Crippen molar-refractivity contribution in [3.8, 4) is 0 Å². The Morgan fingerprint density at radius 3 is 2.57 bits per heavy atom. The Bertz CT molecular complexity index is 724. The van der Waals surface area contributed by atoms with E-state index in [-0.39, 0.29) is 0 Å². The van der Waals surface area contributed by atoms with Gasteiger partial charge in [-0.25, -0.2) is 18.1 Å². The highest BCUT2D eigenvalue weighted by atomic mass is 32.2. The monoisotopic (exact) mass is 325 g/mol. The summed E-state index contributed by atoms with van der Waals surface area (Å²) < 4.78 is 27.0. The van der Waals surface area contributed by atoms with Crippen LogP contribution in [-0.2, 0) is 10.0 Å². The minimum absolute atomic E-state index is 0.312. The summed E-state index contributed by atoms with van der Waals surface area (Å²) in [6.45, 7) is 6.43. The smallest absolute Gasteiger partial charge is 0.241 e. The summed E-state index contributed by atoms with van der Waals surface area (Å²) in [5, 5.41) is 3.09. The molecule has 0 fully saturated rings. The van der Waals surface area contributed by atoms with Gasteiger partial charge in [0.05, 0.1) is 4.90 Å². The van der Waals surface area contributed by atoms with Crippen molar-refractivity contribution in [1.29, 1.82) is 0 Å². The van der Waals surface area contributed by atoms with Gasteiger partial charge in [0, 0.05) is 28.5 Å². The minimum atomic E-state index is -3.43. The lowest BCUT2D eigenvalue weighted by atomic mass is 10.4. The fraction of sp³-hybridized carbons (Fsp3) is 0.357. The van der Waals surface area contributed by atoms with Crippen LogP contribution in [0.1, 0.15) is 15.4 Å². The third-order valence-corrected chi connectivity index (χ3v) is 5.58. The Hall–Kier alpha value is -1.44. The molecule has 2 heterocycles. The van der Waals surface area contributed by atoms with E-state index in [1.807, 2.05) is 39.0 Å². The normalized spacial score (nSPS) is 11.6. The maximum Gasteiger partial charge on any atom is 0.241 e. The predicted molar refractivity (Wildman–Crippen MR) is 86.4 cm³/mol. The Morgan fingerprint density at radius 1 is 1.19 bits per heavy atom. The van der Waals surface area contributed by atoms with Gasteiger partial charge in [0.2, 0.25) is 10.0 Å². The molecule has 0 aliphatic rings. The van der Waals surface area contributed by atoms with E-state index in [2.05, 4.69) is 15.0 Å². The molecular formula is C14H19N3O2S2. The van der Waals surface area contributed by atoms with Crippen LogP contribution >= 0.6 is 11.3 Å². The molecule has 0 radical (unpaired) electrons. The number of pyridine rings is 1. The van der Waals surface area contributed by atoms with Crippen molar-refractivity contribution in [2.75, 3.05) is 18.4 Å². The molecule has 0 atom stereocenters. The zero-order valence-corrected chi connectivity index (χ0v) is 13.9. The summed E-state index contributed by atoms with van der Waals surface area (Å²) in [6, 6.07) is 7.38. The predicted octanol–water partition coefficient (Wildman–Crippen LogP) is 2.46. The van der Waals surface area contributed by atoms with E-state index in [1.54, 1.807) is 6.07 Å². The van der Waals surface area contributed by atoms with Crippen molar-refractivity contribution in [3.63, 3.8) is 0 Å². The fourth-order valence-electron chi connectivity index (χ4n) is 1.97. The molecule has 0 unspecified atom stereocenters. The van der Waals surface area contributed by atoms with E-state index in [1.165, 1.54) is 11.3 Å². The van der Waals surface area contributed by atoms with E-state index >= 15 is 0 Å². The Labute approximate surface area is 129 Å². The lowest BCUT2D eigenvalue weighted by Crippen LogP contribution is -2.29. The molecule has 0 aromatic carbocycles. The highest BCUT2D eigenvalue weighted by Gasteiger charge is 2.18. The minimum Gasteiger partial charge on any atom is -0.369 e. The average Bonchev–Trinajstić information content (AvgIpc) is 2.75. The number of sulfonamides is 1. The number of hydrogen-bond acceptors (Lipinski definition) is 5. The van der Waals surface area contributed by atoms with Gasteiger partial charge in [0.15, 0.2) is 0 Å². The molecule has 2 rings (SSSR count). The molecule has 0 bridgehead atoms. The summed E-state index contributed by atoms with van der Waals surface area (Å²) in [6.07, 6.45) is 0. The highest BCUT2D eigenvalue weighted by molar-refractivity contribution is 7.89. The maximum atomic E-state index is 12.2. The summed E-state index contributed by atoms with van der Waals surface area (Å²) in [5.74, 6) is 0.747. The molecule has 0 amide bonds. The van der Waals surface area contributed by atoms with E-state index in [0.717, 1.165) is 21.3 Å². The Morgan fingerprint density at radius 2 is 1.95 bits per heavy atom. The van der Waals surface area contributed by atoms with Gasteiger partial charge >= 0.3 is 0 Å². The molecule has 2 aromatic rings. The molecule has 21 heavy (non-hydrogen) atoms. The second kappa shape index (κ2) is 6.55. The number of aromatic nitrogens is 1. The average molecular weight is 325 g/mol. The second-order valence-corrected chi connectivity index (χ2v) is 7.96. The van der Waals surface area contributed by atoms with Gasteiger partial charge in [-0.05, 0) is 39.0 Å². The van der Waals surface area contributed by atoms with Crippen molar-refractivity contribution in [1.82, 2.24) is 9.71 Å². The topological polar surface area (TPSA) is 71.1 Å². The molecule has 0 aliphatic carbocycles. The summed E-state index contributed by atoms with van der Waals surface area (Å²) in [5.41, 5.74) is 0.921. The van der Waals surface area contributed by atoms with Crippen molar-refractivity contribution in [2.45, 2.75) is 25.7 Å². The van der Waals surface area contributed by atoms with Gasteiger partial charge in [-0.3, -0.25) is 0 Å². The lowest BCUT2D eigenvalue weighted by molar-refractivity contribution is 0.582. The van der Waals surface area contributed by atoms with Crippen LogP contribution in [0.15, 0.2) is 29.2 Å². The van der Waals surface area contributed by atoms with Gasteiger partial charge < -0.3 is 5.32 Å². The van der Waals surface area contributed by atoms with Crippen LogP contribution in [0, 0.1) is 20.8 Å². The molecule has 0 saturated carbocycles. The number of hydrogen-bond donors (Lipinski definition) is 2. The van der Waals surface area contributed by atoms with Gasteiger partial charge in [-0.2, -0.15) is 0 Å². The summed E-state index contributed by atoms with van der Waals surface area (Å²) in [4.78, 5) is 6.48. The number of nitrogens with zero attached hydrogens (tertiary/aromatic N) is 1. The van der Waals surface area contributed by atoms with E-state index in [4.69, 9.17) is 0 Å². The van der Waals surface area contributed by atoms with Crippen LogP contribution in [0.4, 0.5) is 5.82 Å². The standard InChI is InChI=1S/C14H19N3O2S2/c1-10-5-4-6-14(17-10)15-7-8-16-21(18,19)13-9-11(2)20-12(13)3/h4-6,9,16H,7-8H2,1-3H3,(H,15,17). The molecule has 5 nitrogen and oxygen atoms in total.